The molecule has 2 heterocycles. The minimum Gasteiger partial charge on any atom is -0.322 e. The van der Waals surface area contributed by atoms with Gasteiger partial charge in [0, 0.05) is 18.4 Å². The molecule has 6 heteroatoms. The first-order chi connectivity index (χ1) is 14.6. The fourth-order valence-corrected chi connectivity index (χ4v) is 3.89. The second-order valence-electron chi connectivity index (χ2n) is 7.66. The molecule has 1 atom stereocenters. The summed E-state index contributed by atoms with van der Waals surface area (Å²) in [6, 6.07) is 16.1. The van der Waals surface area contributed by atoms with Crippen LogP contribution in [0.3, 0.4) is 0 Å². The maximum absolute atomic E-state index is 13.2. The van der Waals surface area contributed by atoms with Crippen LogP contribution in [0.2, 0.25) is 0 Å². The van der Waals surface area contributed by atoms with Crippen LogP contribution in [0.25, 0.3) is 0 Å². The summed E-state index contributed by atoms with van der Waals surface area (Å²) in [7, 11) is 0. The molecule has 2 aromatic carbocycles. The van der Waals surface area contributed by atoms with Crippen LogP contribution in [0.1, 0.15) is 52.7 Å². The van der Waals surface area contributed by atoms with Gasteiger partial charge in [-0.05, 0) is 56.1 Å². The van der Waals surface area contributed by atoms with Gasteiger partial charge >= 0.3 is 0 Å². The van der Waals surface area contributed by atoms with Gasteiger partial charge in [0.25, 0.3) is 5.91 Å². The lowest BCUT2D eigenvalue weighted by molar-refractivity contribution is 0.102. The molecule has 154 valence electrons. The van der Waals surface area contributed by atoms with E-state index in [1.807, 2.05) is 49.4 Å². The number of benzene rings is 2. The number of nitrogens with zero attached hydrogens (tertiary/aromatic N) is 3. The third kappa shape index (κ3) is 4.71. The monoisotopic (exact) mass is 404 g/mol. The molecule has 1 fully saturated rings. The number of piperidine rings is 1. The van der Waals surface area contributed by atoms with Crippen molar-refractivity contribution in [2.75, 3.05) is 11.9 Å². The average molecular weight is 404 g/mol. The van der Waals surface area contributed by atoms with Crippen molar-refractivity contribution in [3.05, 3.63) is 89.3 Å². The number of carbonyl (C=O) groups is 1. The number of para-hydroxylation sites is 1. The van der Waals surface area contributed by atoms with E-state index in [2.05, 4.69) is 15.2 Å². The fourth-order valence-electron chi connectivity index (χ4n) is 3.89. The Kier molecular flexibility index (Phi) is 6.14. The van der Waals surface area contributed by atoms with E-state index in [1.165, 1.54) is 12.1 Å². The second-order valence-corrected chi connectivity index (χ2v) is 7.66. The van der Waals surface area contributed by atoms with Crippen molar-refractivity contribution in [2.45, 2.75) is 38.8 Å². The third-order valence-corrected chi connectivity index (χ3v) is 5.48. The van der Waals surface area contributed by atoms with Gasteiger partial charge in [-0.3, -0.25) is 9.69 Å². The average Bonchev–Trinajstić information content (AvgIpc) is 2.76. The summed E-state index contributed by atoms with van der Waals surface area (Å²) in [4.78, 5) is 24.2. The van der Waals surface area contributed by atoms with E-state index in [-0.39, 0.29) is 17.8 Å². The van der Waals surface area contributed by atoms with Crippen molar-refractivity contribution in [2.24, 2.45) is 0 Å². The van der Waals surface area contributed by atoms with Gasteiger partial charge in [0.1, 0.15) is 11.6 Å². The molecule has 30 heavy (non-hydrogen) atoms. The molecule has 1 amide bonds. The Morgan fingerprint density at radius 3 is 2.63 bits per heavy atom. The number of hydrogen-bond acceptors (Lipinski definition) is 4. The highest BCUT2D eigenvalue weighted by Crippen LogP contribution is 2.30. The lowest BCUT2D eigenvalue weighted by Gasteiger charge is -2.34. The van der Waals surface area contributed by atoms with Crippen LogP contribution < -0.4 is 5.32 Å². The summed E-state index contributed by atoms with van der Waals surface area (Å²) in [5, 5.41) is 2.88. The lowest BCUT2D eigenvalue weighted by Crippen LogP contribution is -2.34. The highest BCUT2D eigenvalue weighted by molar-refractivity contribution is 6.04. The van der Waals surface area contributed by atoms with Crippen LogP contribution in [-0.2, 0) is 6.54 Å². The number of aromatic nitrogens is 2. The second kappa shape index (κ2) is 9.13. The van der Waals surface area contributed by atoms with E-state index >= 15 is 0 Å². The van der Waals surface area contributed by atoms with Crippen LogP contribution in [-0.4, -0.2) is 27.3 Å². The molecule has 0 aliphatic carbocycles. The zero-order chi connectivity index (χ0) is 20.9. The van der Waals surface area contributed by atoms with Crippen LogP contribution in [0, 0.1) is 12.7 Å². The summed E-state index contributed by atoms with van der Waals surface area (Å²) in [6.45, 7) is 3.52. The van der Waals surface area contributed by atoms with Gasteiger partial charge in [-0.1, -0.05) is 36.8 Å². The largest absolute Gasteiger partial charge is 0.322 e. The highest BCUT2D eigenvalue weighted by atomic mass is 19.1. The van der Waals surface area contributed by atoms with Crippen molar-refractivity contribution in [1.82, 2.24) is 14.9 Å². The topological polar surface area (TPSA) is 58.1 Å². The summed E-state index contributed by atoms with van der Waals surface area (Å²) in [6.07, 6.45) is 4.83. The molecule has 0 spiro atoms. The molecule has 5 nitrogen and oxygen atoms in total. The molecular formula is C24H25FN4O. The molecular weight excluding hydrogens is 379 g/mol. The number of rotatable bonds is 5. The Bertz CT molecular complexity index is 1010. The molecule has 3 aromatic rings. The van der Waals surface area contributed by atoms with Crippen molar-refractivity contribution in [3.8, 4) is 0 Å². The molecule has 1 N–H and O–H groups in total. The smallest absolute Gasteiger partial charge is 0.259 e. The Morgan fingerprint density at radius 1 is 1.13 bits per heavy atom. The van der Waals surface area contributed by atoms with E-state index in [1.54, 1.807) is 6.20 Å². The predicted octanol–water partition coefficient (Wildman–Crippen LogP) is 4.90. The summed E-state index contributed by atoms with van der Waals surface area (Å²) >= 11 is 0. The standard InChI is InChI=1S/C24H25FN4O/c1-17-21(24(30)28-20-7-3-2-4-8-20)15-26-23(27-17)22-9-5-6-14-29(22)16-18-10-12-19(25)13-11-18/h2-4,7-8,10-13,15,22H,5-6,9,14,16H2,1H3,(H,28,30)/t22-/m0/s1. The molecule has 0 saturated carbocycles. The quantitative estimate of drug-likeness (QED) is 0.657. The Labute approximate surface area is 176 Å². The molecule has 4 rings (SSSR count). The first kappa shape index (κ1) is 20.2. The van der Waals surface area contributed by atoms with Gasteiger partial charge in [0.05, 0.1) is 17.3 Å². The van der Waals surface area contributed by atoms with Gasteiger partial charge in [-0.25, -0.2) is 14.4 Å². The van der Waals surface area contributed by atoms with Crippen molar-refractivity contribution >= 4 is 11.6 Å². The summed E-state index contributed by atoms with van der Waals surface area (Å²) < 4.78 is 13.2. The zero-order valence-corrected chi connectivity index (χ0v) is 17.0. The third-order valence-electron chi connectivity index (χ3n) is 5.48. The molecule has 1 saturated heterocycles. The van der Waals surface area contributed by atoms with E-state index < -0.39 is 0 Å². The maximum Gasteiger partial charge on any atom is 0.259 e. The normalized spacial score (nSPS) is 16.9. The number of aryl methyl sites for hydroxylation is 1. The molecule has 1 aromatic heterocycles. The van der Waals surface area contributed by atoms with E-state index in [4.69, 9.17) is 4.98 Å². The van der Waals surface area contributed by atoms with Gasteiger partial charge in [-0.2, -0.15) is 0 Å². The molecule has 1 aliphatic heterocycles. The lowest BCUT2D eigenvalue weighted by atomic mass is 10.00. The van der Waals surface area contributed by atoms with Gasteiger partial charge < -0.3 is 5.32 Å². The van der Waals surface area contributed by atoms with Crippen LogP contribution in [0.15, 0.2) is 60.8 Å². The molecule has 0 unspecified atom stereocenters. The highest BCUT2D eigenvalue weighted by Gasteiger charge is 2.27. The summed E-state index contributed by atoms with van der Waals surface area (Å²) in [5.41, 5.74) is 2.95. The number of nitrogens with one attached hydrogen (secondary N) is 1. The van der Waals surface area contributed by atoms with E-state index in [9.17, 15) is 9.18 Å². The zero-order valence-electron chi connectivity index (χ0n) is 17.0. The Hall–Kier alpha value is -3.12. The SMILES string of the molecule is Cc1nc([C@@H]2CCCCN2Cc2ccc(F)cc2)ncc1C(=O)Nc1ccccc1. The number of carbonyl (C=O) groups excluding carboxylic acids is 1. The van der Waals surface area contributed by atoms with Crippen LogP contribution in [0.5, 0.6) is 0 Å². The number of amides is 1. The number of anilines is 1. The van der Waals surface area contributed by atoms with Crippen molar-refractivity contribution < 1.29 is 9.18 Å². The Balaban J connectivity index is 1.51. The van der Waals surface area contributed by atoms with Crippen molar-refractivity contribution in [1.29, 1.82) is 0 Å². The van der Waals surface area contributed by atoms with Crippen molar-refractivity contribution in [3.63, 3.8) is 0 Å². The molecule has 1 aliphatic rings. The van der Waals surface area contributed by atoms with E-state index in [0.29, 0.717) is 11.3 Å². The number of hydrogen-bond donors (Lipinski definition) is 1. The predicted molar refractivity (Wildman–Crippen MR) is 115 cm³/mol. The number of halogens is 1. The number of likely N-dealkylation sites (tertiary alicyclic amines) is 1. The van der Waals surface area contributed by atoms with Crippen LogP contribution in [0.4, 0.5) is 10.1 Å². The Morgan fingerprint density at radius 2 is 1.90 bits per heavy atom. The van der Waals surface area contributed by atoms with E-state index in [0.717, 1.165) is 49.4 Å². The first-order valence-corrected chi connectivity index (χ1v) is 10.3. The van der Waals surface area contributed by atoms with Gasteiger partial charge in [-0.15, -0.1) is 0 Å². The molecule has 0 bridgehead atoms. The van der Waals surface area contributed by atoms with Crippen LogP contribution >= 0.6 is 0 Å². The fraction of sp³-hybridized carbons (Fsp3) is 0.292. The minimum atomic E-state index is -0.225. The summed E-state index contributed by atoms with van der Waals surface area (Å²) in [5.74, 6) is 0.305. The minimum absolute atomic E-state index is 0.0914. The first-order valence-electron chi connectivity index (χ1n) is 10.3. The van der Waals surface area contributed by atoms with Gasteiger partial charge in [0.2, 0.25) is 0 Å². The maximum atomic E-state index is 13.2. The molecule has 0 radical (unpaired) electrons. The van der Waals surface area contributed by atoms with Gasteiger partial charge in [0.15, 0.2) is 0 Å².